The molecule has 0 unspecified atom stereocenters. The van der Waals surface area contributed by atoms with E-state index in [4.69, 9.17) is 20.8 Å². The summed E-state index contributed by atoms with van der Waals surface area (Å²) >= 11 is 5.98. The standard InChI is InChI=1S/C23H15ClN4O6/c1-33-15-3-4-18-16(8-15)21(30)22(31)28(18)10-14-9-27(26-25-14)11-19(29)17-7-12-6-13(24)2-5-20(12)34-23(17)32/h2-9H,10-11H2,1H3. The molecule has 3 heterocycles. The van der Waals surface area contributed by atoms with Crippen molar-refractivity contribution in [3.05, 3.63) is 80.9 Å². The highest BCUT2D eigenvalue weighted by Gasteiger charge is 2.36. The molecule has 0 saturated carbocycles. The van der Waals surface area contributed by atoms with E-state index in [1.807, 2.05) is 0 Å². The quantitative estimate of drug-likeness (QED) is 0.235. The van der Waals surface area contributed by atoms with E-state index in [-0.39, 0.29) is 24.2 Å². The van der Waals surface area contributed by atoms with Gasteiger partial charge >= 0.3 is 5.63 Å². The fourth-order valence-corrected chi connectivity index (χ4v) is 3.92. The molecule has 0 aliphatic carbocycles. The van der Waals surface area contributed by atoms with Gasteiger partial charge in [0.1, 0.15) is 29.1 Å². The van der Waals surface area contributed by atoms with Gasteiger partial charge in [-0.05, 0) is 42.5 Å². The lowest BCUT2D eigenvalue weighted by atomic mass is 10.1. The van der Waals surface area contributed by atoms with Gasteiger partial charge in [0.2, 0.25) is 0 Å². The number of hydrogen-bond donors (Lipinski definition) is 0. The molecule has 10 nitrogen and oxygen atoms in total. The number of benzene rings is 2. The zero-order chi connectivity index (χ0) is 24.0. The maximum Gasteiger partial charge on any atom is 0.347 e. The number of ketones is 2. The third-order valence-electron chi connectivity index (χ3n) is 5.38. The minimum Gasteiger partial charge on any atom is -0.497 e. The molecule has 1 amide bonds. The second kappa shape index (κ2) is 8.23. The van der Waals surface area contributed by atoms with Crippen LogP contribution in [0, 0.1) is 0 Å². The number of methoxy groups -OCH3 is 1. The first-order valence-corrected chi connectivity index (χ1v) is 10.4. The molecule has 0 atom stereocenters. The van der Waals surface area contributed by atoms with E-state index in [0.29, 0.717) is 33.1 Å². The lowest BCUT2D eigenvalue weighted by Gasteiger charge is -2.14. The summed E-state index contributed by atoms with van der Waals surface area (Å²) < 4.78 is 11.6. The Balaban J connectivity index is 1.35. The number of fused-ring (bicyclic) bond motifs is 2. The Kier molecular flexibility index (Phi) is 5.21. The molecule has 0 fully saturated rings. The third-order valence-corrected chi connectivity index (χ3v) is 5.62. The fraction of sp³-hybridized carbons (Fsp3) is 0.130. The normalized spacial score (nSPS) is 12.9. The van der Waals surface area contributed by atoms with Gasteiger partial charge < -0.3 is 9.15 Å². The van der Waals surface area contributed by atoms with Crippen LogP contribution in [0.4, 0.5) is 5.69 Å². The average molecular weight is 479 g/mol. The largest absolute Gasteiger partial charge is 0.497 e. The molecular formula is C23H15ClN4O6. The van der Waals surface area contributed by atoms with Crippen molar-refractivity contribution < 1.29 is 23.5 Å². The molecule has 2 aromatic heterocycles. The van der Waals surface area contributed by atoms with Crippen molar-refractivity contribution >= 4 is 45.7 Å². The zero-order valence-electron chi connectivity index (χ0n) is 17.6. The summed E-state index contributed by atoms with van der Waals surface area (Å²) in [6, 6.07) is 10.9. The van der Waals surface area contributed by atoms with Gasteiger partial charge in [0.05, 0.1) is 31.1 Å². The Labute approximate surface area is 196 Å². The highest BCUT2D eigenvalue weighted by molar-refractivity contribution is 6.52. The molecule has 2 aromatic carbocycles. The number of halogens is 1. The number of carbonyl (C=O) groups excluding carboxylic acids is 3. The molecule has 5 rings (SSSR count). The number of Topliss-reactive ketones (excluding diaryl/α,β-unsaturated/α-hetero) is 2. The second-order valence-electron chi connectivity index (χ2n) is 7.56. The van der Waals surface area contributed by atoms with Crippen LogP contribution in [0.3, 0.4) is 0 Å². The van der Waals surface area contributed by atoms with E-state index in [2.05, 4.69) is 10.3 Å². The van der Waals surface area contributed by atoms with E-state index < -0.39 is 23.1 Å². The summed E-state index contributed by atoms with van der Waals surface area (Å²) in [7, 11) is 1.47. The predicted molar refractivity (Wildman–Crippen MR) is 120 cm³/mol. The molecule has 0 saturated heterocycles. The second-order valence-corrected chi connectivity index (χ2v) is 8.00. The van der Waals surface area contributed by atoms with Gasteiger partial charge in [0.15, 0.2) is 5.78 Å². The number of nitrogens with zero attached hydrogens (tertiary/aromatic N) is 4. The smallest absolute Gasteiger partial charge is 0.347 e. The van der Waals surface area contributed by atoms with Gasteiger partial charge in [-0.15, -0.1) is 5.10 Å². The molecule has 0 N–H and O–H groups in total. The van der Waals surface area contributed by atoms with E-state index in [0.717, 1.165) is 0 Å². The average Bonchev–Trinajstić information content (AvgIpc) is 3.36. The number of rotatable bonds is 6. The van der Waals surface area contributed by atoms with Gasteiger partial charge in [-0.2, -0.15) is 0 Å². The summed E-state index contributed by atoms with van der Waals surface area (Å²) in [5, 5.41) is 8.85. The number of ether oxygens (including phenoxy) is 1. The van der Waals surface area contributed by atoms with Crippen molar-refractivity contribution in [2.45, 2.75) is 13.1 Å². The van der Waals surface area contributed by atoms with Crippen LogP contribution in [0.2, 0.25) is 5.02 Å². The van der Waals surface area contributed by atoms with Crippen LogP contribution in [-0.4, -0.2) is 39.6 Å². The van der Waals surface area contributed by atoms with Crippen molar-refractivity contribution in [1.29, 1.82) is 0 Å². The molecular weight excluding hydrogens is 464 g/mol. The van der Waals surface area contributed by atoms with Crippen LogP contribution >= 0.6 is 11.6 Å². The van der Waals surface area contributed by atoms with E-state index in [1.54, 1.807) is 30.3 Å². The first-order valence-electron chi connectivity index (χ1n) is 10.0. The van der Waals surface area contributed by atoms with Gasteiger partial charge in [0, 0.05) is 10.4 Å². The number of aromatic nitrogens is 3. The molecule has 0 bridgehead atoms. The van der Waals surface area contributed by atoms with Crippen LogP contribution < -0.4 is 15.3 Å². The van der Waals surface area contributed by atoms with Crippen LogP contribution in [0.1, 0.15) is 26.4 Å². The Morgan fingerprint density at radius 1 is 1.12 bits per heavy atom. The van der Waals surface area contributed by atoms with Crippen LogP contribution in [0.15, 0.2) is 57.9 Å². The first-order chi connectivity index (χ1) is 16.3. The molecule has 1 aliphatic heterocycles. The highest BCUT2D eigenvalue weighted by Crippen LogP contribution is 2.33. The van der Waals surface area contributed by atoms with Crippen molar-refractivity contribution in [3.63, 3.8) is 0 Å². The maximum atomic E-state index is 12.7. The molecule has 1 aliphatic rings. The predicted octanol–water partition coefficient (Wildman–Crippen LogP) is 2.66. The number of hydrogen-bond acceptors (Lipinski definition) is 8. The van der Waals surface area contributed by atoms with Gasteiger partial charge in [0.25, 0.3) is 11.7 Å². The van der Waals surface area contributed by atoms with Gasteiger partial charge in [-0.3, -0.25) is 19.3 Å². The Morgan fingerprint density at radius 3 is 2.74 bits per heavy atom. The molecule has 11 heteroatoms. The molecule has 34 heavy (non-hydrogen) atoms. The minimum absolute atomic E-state index is 0.0191. The molecule has 0 radical (unpaired) electrons. The topological polar surface area (TPSA) is 125 Å². The summed E-state index contributed by atoms with van der Waals surface area (Å²) in [6.07, 6.45) is 1.47. The lowest BCUT2D eigenvalue weighted by Crippen LogP contribution is -2.29. The minimum atomic E-state index is -0.770. The van der Waals surface area contributed by atoms with Crippen molar-refractivity contribution in [1.82, 2.24) is 15.0 Å². The van der Waals surface area contributed by atoms with E-state index >= 15 is 0 Å². The van der Waals surface area contributed by atoms with Crippen LogP contribution in [0.25, 0.3) is 11.0 Å². The van der Waals surface area contributed by atoms with E-state index in [1.165, 1.54) is 35.0 Å². The van der Waals surface area contributed by atoms with Gasteiger partial charge in [-0.25, -0.2) is 9.48 Å². The SMILES string of the molecule is COc1ccc2c(c1)C(=O)C(=O)N2Cc1cn(CC(=O)c2cc3cc(Cl)ccc3oc2=O)nn1. The molecule has 4 aromatic rings. The third kappa shape index (κ3) is 3.73. The summed E-state index contributed by atoms with van der Waals surface area (Å²) in [5.74, 6) is -1.40. The van der Waals surface area contributed by atoms with Crippen LogP contribution in [0.5, 0.6) is 5.75 Å². The Morgan fingerprint density at radius 2 is 1.94 bits per heavy atom. The number of carbonyl (C=O) groups is 3. The number of anilines is 1. The molecule has 0 spiro atoms. The summed E-state index contributed by atoms with van der Waals surface area (Å²) in [5.41, 5.74) is 0.443. The highest BCUT2D eigenvalue weighted by atomic mass is 35.5. The van der Waals surface area contributed by atoms with Crippen molar-refractivity contribution in [2.75, 3.05) is 12.0 Å². The van der Waals surface area contributed by atoms with Crippen LogP contribution in [-0.2, 0) is 17.9 Å². The molecule has 170 valence electrons. The Bertz CT molecular complexity index is 1560. The van der Waals surface area contributed by atoms with Crippen molar-refractivity contribution in [3.8, 4) is 5.75 Å². The summed E-state index contributed by atoms with van der Waals surface area (Å²) in [6.45, 7) is -0.292. The van der Waals surface area contributed by atoms with E-state index in [9.17, 15) is 19.2 Å². The zero-order valence-corrected chi connectivity index (χ0v) is 18.4. The van der Waals surface area contributed by atoms with Gasteiger partial charge in [-0.1, -0.05) is 16.8 Å². The van der Waals surface area contributed by atoms with Crippen molar-refractivity contribution in [2.24, 2.45) is 0 Å². The first kappa shape index (κ1) is 21.5. The fourth-order valence-electron chi connectivity index (χ4n) is 3.73. The lowest BCUT2D eigenvalue weighted by molar-refractivity contribution is -0.114. The Hall–Kier alpha value is -4.31. The maximum absolute atomic E-state index is 12.7. The monoisotopic (exact) mass is 478 g/mol. The summed E-state index contributed by atoms with van der Waals surface area (Å²) in [4.78, 5) is 51.1. The number of amides is 1.